The fraction of sp³-hybridized carbons (Fsp3) is 0.875. The highest BCUT2D eigenvalue weighted by atomic mass is 16.5. The number of methoxy groups -OCH3 is 1. The van der Waals surface area contributed by atoms with Crippen LogP contribution in [0.5, 0.6) is 0 Å². The number of hydrogen-bond acceptors (Lipinski definition) is 3. The summed E-state index contributed by atoms with van der Waals surface area (Å²) >= 11 is 0. The molecule has 0 unspecified atom stereocenters. The summed E-state index contributed by atoms with van der Waals surface area (Å²) in [6, 6.07) is 0. The largest absolute Gasteiger partial charge is 0.395 e. The Morgan fingerprint density at radius 1 is 1.50 bits per heavy atom. The monoisotopic (exact) mass is 175 g/mol. The highest BCUT2D eigenvalue weighted by molar-refractivity contribution is 5.75. The molecule has 0 aliphatic heterocycles. The van der Waals surface area contributed by atoms with E-state index in [1.54, 1.807) is 18.9 Å². The van der Waals surface area contributed by atoms with E-state index < -0.39 is 0 Å². The Balaban J connectivity index is 3.76. The van der Waals surface area contributed by atoms with E-state index in [4.69, 9.17) is 9.84 Å². The second-order valence-electron chi connectivity index (χ2n) is 2.45. The summed E-state index contributed by atoms with van der Waals surface area (Å²) in [4.78, 5) is 12.8. The molecule has 1 amide bonds. The Kier molecular flexibility index (Phi) is 6.70. The lowest BCUT2D eigenvalue weighted by Crippen LogP contribution is -2.35. The van der Waals surface area contributed by atoms with Gasteiger partial charge in [0.1, 0.15) is 0 Å². The highest BCUT2D eigenvalue weighted by Crippen LogP contribution is 1.92. The smallest absolute Gasteiger partial charge is 0.222 e. The van der Waals surface area contributed by atoms with E-state index in [1.807, 2.05) is 0 Å². The average molecular weight is 175 g/mol. The molecule has 4 heteroatoms. The summed E-state index contributed by atoms with van der Waals surface area (Å²) < 4.78 is 4.84. The van der Waals surface area contributed by atoms with Gasteiger partial charge in [-0.3, -0.25) is 4.79 Å². The van der Waals surface area contributed by atoms with Gasteiger partial charge in [-0.05, 0) is 0 Å². The zero-order chi connectivity index (χ0) is 9.40. The first-order chi connectivity index (χ1) is 5.76. The fourth-order valence-corrected chi connectivity index (χ4v) is 0.907. The van der Waals surface area contributed by atoms with Crippen LogP contribution >= 0.6 is 0 Å². The Morgan fingerprint density at radius 2 is 2.17 bits per heavy atom. The Morgan fingerprint density at radius 3 is 2.58 bits per heavy atom. The van der Waals surface area contributed by atoms with E-state index >= 15 is 0 Å². The van der Waals surface area contributed by atoms with E-state index in [0.29, 0.717) is 26.1 Å². The molecule has 12 heavy (non-hydrogen) atoms. The summed E-state index contributed by atoms with van der Waals surface area (Å²) in [6.07, 6.45) is 0.476. The molecule has 0 spiro atoms. The summed E-state index contributed by atoms with van der Waals surface area (Å²) in [5.41, 5.74) is 0. The number of hydrogen-bond donors (Lipinski definition) is 1. The number of aliphatic hydroxyl groups excluding tert-OH is 1. The zero-order valence-corrected chi connectivity index (χ0v) is 7.75. The lowest BCUT2D eigenvalue weighted by Gasteiger charge is -2.20. The Bertz CT molecular complexity index is 127. The van der Waals surface area contributed by atoms with Gasteiger partial charge in [-0.25, -0.2) is 0 Å². The van der Waals surface area contributed by atoms with Crippen LogP contribution in [-0.2, 0) is 9.53 Å². The predicted molar refractivity (Wildman–Crippen MR) is 45.8 cm³/mol. The third kappa shape index (κ3) is 4.31. The first kappa shape index (κ1) is 11.4. The van der Waals surface area contributed by atoms with Crippen molar-refractivity contribution in [2.45, 2.75) is 13.3 Å². The van der Waals surface area contributed by atoms with Gasteiger partial charge in [-0.15, -0.1) is 0 Å². The predicted octanol–water partition coefficient (Wildman–Crippen LogP) is -0.136. The van der Waals surface area contributed by atoms with Crippen molar-refractivity contribution in [3.63, 3.8) is 0 Å². The molecule has 0 aliphatic rings. The standard InChI is InChI=1S/C8H17NO3/c1-3-8(11)9(4-6-10)5-7-12-2/h10H,3-7H2,1-2H3. The van der Waals surface area contributed by atoms with Gasteiger partial charge in [-0.1, -0.05) is 6.92 Å². The molecule has 0 aromatic carbocycles. The van der Waals surface area contributed by atoms with Gasteiger partial charge >= 0.3 is 0 Å². The normalized spacial score (nSPS) is 9.92. The van der Waals surface area contributed by atoms with Crippen molar-refractivity contribution in [3.05, 3.63) is 0 Å². The first-order valence-corrected chi connectivity index (χ1v) is 4.13. The molecule has 0 saturated heterocycles. The number of ether oxygens (including phenoxy) is 1. The molecule has 1 N–H and O–H groups in total. The molecular formula is C8H17NO3. The fourth-order valence-electron chi connectivity index (χ4n) is 0.907. The minimum absolute atomic E-state index is 0.00938. The molecule has 0 heterocycles. The first-order valence-electron chi connectivity index (χ1n) is 4.13. The van der Waals surface area contributed by atoms with Gasteiger partial charge in [0.15, 0.2) is 0 Å². The number of rotatable bonds is 6. The quantitative estimate of drug-likeness (QED) is 0.611. The van der Waals surface area contributed by atoms with Crippen LogP contribution in [0.3, 0.4) is 0 Å². The molecular weight excluding hydrogens is 158 g/mol. The van der Waals surface area contributed by atoms with Crippen LogP contribution in [0.15, 0.2) is 0 Å². The maximum absolute atomic E-state index is 11.2. The average Bonchev–Trinajstić information content (AvgIpc) is 2.11. The molecule has 72 valence electrons. The summed E-state index contributed by atoms with van der Waals surface area (Å²) in [7, 11) is 1.59. The van der Waals surface area contributed by atoms with E-state index in [9.17, 15) is 4.79 Å². The molecule has 0 aromatic rings. The van der Waals surface area contributed by atoms with Crippen LogP contribution < -0.4 is 0 Å². The van der Waals surface area contributed by atoms with Gasteiger partial charge in [0.05, 0.1) is 13.2 Å². The van der Waals surface area contributed by atoms with Crippen LogP contribution in [0.1, 0.15) is 13.3 Å². The topological polar surface area (TPSA) is 49.8 Å². The molecule has 0 radical (unpaired) electrons. The Labute approximate surface area is 73.1 Å². The van der Waals surface area contributed by atoms with Gasteiger partial charge in [0, 0.05) is 26.6 Å². The summed E-state index contributed by atoms with van der Waals surface area (Å²) in [5, 5.41) is 8.65. The maximum atomic E-state index is 11.2. The van der Waals surface area contributed by atoms with Crippen LogP contribution in [0.25, 0.3) is 0 Å². The maximum Gasteiger partial charge on any atom is 0.222 e. The number of aliphatic hydroxyl groups is 1. The Hall–Kier alpha value is -0.610. The summed E-state index contributed by atoms with van der Waals surface area (Å²) in [5.74, 6) is 0.0566. The van der Waals surface area contributed by atoms with Gasteiger partial charge in [-0.2, -0.15) is 0 Å². The lowest BCUT2D eigenvalue weighted by atomic mass is 10.4. The molecule has 0 bridgehead atoms. The SMILES string of the molecule is CCC(=O)N(CCO)CCOC. The van der Waals surface area contributed by atoms with E-state index in [-0.39, 0.29) is 12.5 Å². The van der Waals surface area contributed by atoms with Crippen molar-refractivity contribution in [1.82, 2.24) is 4.90 Å². The van der Waals surface area contributed by atoms with Crippen molar-refractivity contribution in [3.8, 4) is 0 Å². The third-order valence-corrected chi connectivity index (χ3v) is 1.59. The summed E-state index contributed by atoms with van der Waals surface area (Å²) in [6.45, 7) is 3.29. The van der Waals surface area contributed by atoms with Crippen molar-refractivity contribution in [2.75, 3.05) is 33.4 Å². The zero-order valence-electron chi connectivity index (χ0n) is 7.75. The number of nitrogens with zero attached hydrogens (tertiary/aromatic N) is 1. The second kappa shape index (κ2) is 7.06. The molecule has 0 fully saturated rings. The third-order valence-electron chi connectivity index (χ3n) is 1.59. The van der Waals surface area contributed by atoms with E-state index in [1.165, 1.54) is 0 Å². The van der Waals surface area contributed by atoms with Crippen LogP contribution in [0, 0.1) is 0 Å². The van der Waals surface area contributed by atoms with Gasteiger partial charge in [0.25, 0.3) is 0 Å². The molecule has 0 saturated carbocycles. The van der Waals surface area contributed by atoms with Gasteiger partial charge < -0.3 is 14.7 Å². The van der Waals surface area contributed by atoms with Crippen molar-refractivity contribution in [2.24, 2.45) is 0 Å². The number of carbonyl (C=O) groups is 1. The van der Waals surface area contributed by atoms with Crippen LogP contribution in [-0.4, -0.2) is 49.3 Å². The molecule has 0 aromatic heterocycles. The minimum atomic E-state index is 0.00938. The molecule has 0 atom stereocenters. The van der Waals surface area contributed by atoms with Crippen LogP contribution in [0.2, 0.25) is 0 Å². The van der Waals surface area contributed by atoms with Crippen molar-refractivity contribution < 1.29 is 14.6 Å². The van der Waals surface area contributed by atoms with Gasteiger partial charge in [0.2, 0.25) is 5.91 Å². The second-order valence-corrected chi connectivity index (χ2v) is 2.45. The van der Waals surface area contributed by atoms with Crippen molar-refractivity contribution >= 4 is 5.91 Å². The van der Waals surface area contributed by atoms with E-state index in [0.717, 1.165) is 0 Å². The number of amides is 1. The number of carbonyl (C=O) groups excluding carboxylic acids is 1. The highest BCUT2D eigenvalue weighted by Gasteiger charge is 2.09. The lowest BCUT2D eigenvalue weighted by molar-refractivity contribution is -0.132. The molecule has 0 aliphatic carbocycles. The van der Waals surface area contributed by atoms with Crippen molar-refractivity contribution in [1.29, 1.82) is 0 Å². The molecule has 0 rings (SSSR count). The minimum Gasteiger partial charge on any atom is -0.395 e. The van der Waals surface area contributed by atoms with E-state index in [2.05, 4.69) is 0 Å². The van der Waals surface area contributed by atoms with Crippen LogP contribution in [0.4, 0.5) is 0 Å². The molecule has 4 nitrogen and oxygen atoms in total.